The van der Waals surface area contributed by atoms with Crippen molar-refractivity contribution in [2.24, 2.45) is 0 Å². The zero-order valence-corrected chi connectivity index (χ0v) is 11.0. The van der Waals surface area contributed by atoms with Crippen molar-refractivity contribution in [1.82, 2.24) is 9.38 Å². The molecule has 0 aliphatic heterocycles. The molecule has 0 unspecified atom stereocenters. The van der Waals surface area contributed by atoms with E-state index in [1.54, 1.807) is 0 Å². The molecule has 0 aliphatic rings. The van der Waals surface area contributed by atoms with Gasteiger partial charge in [-0.05, 0) is 35.0 Å². The molecule has 0 fully saturated rings. The van der Waals surface area contributed by atoms with Gasteiger partial charge in [-0.25, -0.2) is 4.98 Å². The lowest BCUT2D eigenvalue weighted by Crippen LogP contribution is -1.89. The van der Waals surface area contributed by atoms with Crippen LogP contribution in [0.4, 0.5) is 0 Å². The molecule has 3 aromatic rings. The lowest BCUT2D eigenvalue weighted by Gasteiger charge is -2.02. The van der Waals surface area contributed by atoms with E-state index in [0.29, 0.717) is 0 Å². The molecule has 0 N–H and O–H groups in total. The molecule has 0 aliphatic carbocycles. The zero-order chi connectivity index (χ0) is 11.8. The van der Waals surface area contributed by atoms with Gasteiger partial charge in [0, 0.05) is 16.2 Å². The molecule has 0 radical (unpaired) electrons. The fourth-order valence-electron chi connectivity index (χ4n) is 1.88. The highest BCUT2D eigenvalue weighted by molar-refractivity contribution is 9.10. The summed E-state index contributed by atoms with van der Waals surface area (Å²) in [6.07, 6.45) is 3.93. The topological polar surface area (TPSA) is 17.3 Å². The third kappa shape index (κ3) is 1.87. The van der Waals surface area contributed by atoms with Crippen LogP contribution in [0.1, 0.15) is 5.56 Å². The summed E-state index contributed by atoms with van der Waals surface area (Å²) in [6, 6.07) is 12.5. The van der Waals surface area contributed by atoms with Crippen molar-refractivity contribution in [3.05, 3.63) is 58.8 Å². The van der Waals surface area contributed by atoms with Crippen molar-refractivity contribution in [1.29, 1.82) is 0 Å². The lowest BCUT2D eigenvalue weighted by molar-refractivity contribution is 1.15. The van der Waals surface area contributed by atoms with Gasteiger partial charge in [-0.3, -0.25) is 4.40 Å². The monoisotopic (exact) mass is 286 g/mol. The van der Waals surface area contributed by atoms with E-state index in [2.05, 4.69) is 62.6 Å². The number of rotatable bonds is 1. The van der Waals surface area contributed by atoms with Crippen LogP contribution in [0.15, 0.2) is 53.3 Å². The molecule has 3 rings (SSSR count). The Kier molecular flexibility index (Phi) is 2.48. The number of aryl methyl sites for hydroxylation is 1. The van der Waals surface area contributed by atoms with Crippen LogP contribution in [0.2, 0.25) is 0 Å². The summed E-state index contributed by atoms with van der Waals surface area (Å²) in [5, 5.41) is 0. The highest BCUT2D eigenvalue weighted by atomic mass is 79.9. The quantitative estimate of drug-likeness (QED) is 0.659. The molecule has 1 aromatic carbocycles. The first-order valence-electron chi connectivity index (χ1n) is 5.44. The fourth-order valence-corrected chi connectivity index (χ4v) is 2.22. The van der Waals surface area contributed by atoms with E-state index in [1.807, 2.05) is 18.5 Å². The molecule has 2 nitrogen and oxygen atoms in total. The van der Waals surface area contributed by atoms with Gasteiger partial charge < -0.3 is 0 Å². The Balaban J connectivity index is 2.23. The Morgan fingerprint density at radius 2 is 1.82 bits per heavy atom. The Labute approximate surface area is 108 Å². The third-order valence-corrected chi connectivity index (χ3v) is 3.27. The fraction of sp³-hybridized carbons (Fsp3) is 0.0714. The average Bonchev–Trinajstić information content (AvgIpc) is 2.73. The molecule has 17 heavy (non-hydrogen) atoms. The van der Waals surface area contributed by atoms with E-state index in [-0.39, 0.29) is 0 Å². The van der Waals surface area contributed by atoms with Gasteiger partial charge in [0.2, 0.25) is 0 Å². The first-order valence-corrected chi connectivity index (χ1v) is 6.23. The van der Waals surface area contributed by atoms with Crippen LogP contribution in [-0.2, 0) is 0 Å². The Hall–Kier alpha value is -1.61. The van der Waals surface area contributed by atoms with E-state index in [0.717, 1.165) is 21.4 Å². The van der Waals surface area contributed by atoms with Crippen LogP contribution < -0.4 is 0 Å². The number of benzene rings is 1. The van der Waals surface area contributed by atoms with Gasteiger partial charge in [-0.1, -0.05) is 29.8 Å². The Morgan fingerprint density at radius 1 is 1.06 bits per heavy atom. The number of hydrogen-bond acceptors (Lipinski definition) is 1. The molecule has 2 aromatic heterocycles. The summed E-state index contributed by atoms with van der Waals surface area (Å²) in [4.78, 5) is 4.48. The maximum absolute atomic E-state index is 4.48. The van der Waals surface area contributed by atoms with E-state index >= 15 is 0 Å². The van der Waals surface area contributed by atoms with Crippen LogP contribution in [-0.4, -0.2) is 9.38 Å². The predicted molar refractivity (Wildman–Crippen MR) is 73.1 cm³/mol. The number of hydrogen-bond donors (Lipinski definition) is 0. The first-order chi connectivity index (χ1) is 8.24. The molecular weight excluding hydrogens is 276 g/mol. The molecule has 0 amide bonds. The average molecular weight is 287 g/mol. The van der Waals surface area contributed by atoms with Crippen molar-refractivity contribution in [2.45, 2.75) is 6.92 Å². The van der Waals surface area contributed by atoms with Gasteiger partial charge in [0.15, 0.2) is 0 Å². The highest BCUT2D eigenvalue weighted by Crippen LogP contribution is 2.22. The number of pyridine rings is 1. The zero-order valence-electron chi connectivity index (χ0n) is 9.39. The van der Waals surface area contributed by atoms with Crippen LogP contribution in [0.3, 0.4) is 0 Å². The molecule has 0 spiro atoms. The van der Waals surface area contributed by atoms with E-state index in [1.165, 1.54) is 5.56 Å². The van der Waals surface area contributed by atoms with Crippen molar-refractivity contribution < 1.29 is 0 Å². The molecule has 0 saturated heterocycles. The number of aromatic nitrogens is 2. The molecule has 0 bridgehead atoms. The largest absolute Gasteiger partial charge is 0.299 e. The Morgan fingerprint density at radius 3 is 2.59 bits per heavy atom. The molecule has 3 heteroatoms. The van der Waals surface area contributed by atoms with Crippen molar-refractivity contribution in [2.75, 3.05) is 0 Å². The number of imidazole rings is 1. The minimum absolute atomic E-state index is 0.973. The van der Waals surface area contributed by atoms with Gasteiger partial charge in [0.1, 0.15) is 5.82 Å². The number of halogens is 1. The smallest absolute Gasteiger partial charge is 0.144 e. The Bertz CT molecular complexity index is 668. The minimum atomic E-state index is 0.973. The molecule has 2 heterocycles. The van der Waals surface area contributed by atoms with Gasteiger partial charge in [-0.2, -0.15) is 0 Å². The standard InChI is InChI=1S/C14H11BrN2/c1-10-2-4-11(5-3-10)14-16-8-13-7-6-12(15)9-17(13)14/h2-9H,1H3. The molecule has 0 atom stereocenters. The van der Waals surface area contributed by atoms with Gasteiger partial charge in [0.05, 0.1) is 11.7 Å². The van der Waals surface area contributed by atoms with Crippen LogP contribution in [0, 0.1) is 6.92 Å². The summed E-state index contributed by atoms with van der Waals surface area (Å²) < 4.78 is 3.14. The van der Waals surface area contributed by atoms with Crippen LogP contribution in [0.25, 0.3) is 16.9 Å². The normalized spacial score (nSPS) is 10.9. The lowest BCUT2D eigenvalue weighted by atomic mass is 10.1. The van der Waals surface area contributed by atoms with Gasteiger partial charge in [-0.15, -0.1) is 0 Å². The minimum Gasteiger partial charge on any atom is -0.299 e. The van der Waals surface area contributed by atoms with Crippen molar-refractivity contribution in [3.8, 4) is 11.4 Å². The maximum atomic E-state index is 4.48. The van der Waals surface area contributed by atoms with Gasteiger partial charge in [0.25, 0.3) is 0 Å². The molecule has 0 saturated carbocycles. The van der Waals surface area contributed by atoms with E-state index in [4.69, 9.17) is 0 Å². The highest BCUT2D eigenvalue weighted by Gasteiger charge is 2.05. The summed E-state index contributed by atoms with van der Waals surface area (Å²) in [5.74, 6) is 0.973. The number of nitrogens with zero attached hydrogens (tertiary/aromatic N) is 2. The second-order valence-electron chi connectivity index (χ2n) is 4.09. The number of fused-ring (bicyclic) bond motifs is 1. The summed E-state index contributed by atoms with van der Waals surface area (Å²) in [6.45, 7) is 2.09. The summed E-state index contributed by atoms with van der Waals surface area (Å²) in [7, 11) is 0. The molecular formula is C14H11BrN2. The van der Waals surface area contributed by atoms with Crippen molar-refractivity contribution >= 4 is 21.4 Å². The van der Waals surface area contributed by atoms with Crippen molar-refractivity contribution in [3.63, 3.8) is 0 Å². The predicted octanol–water partition coefficient (Wildman–Crippen LogP) is 4.07. The van der Waals surface area contributed by atoms with Crippen LogP contribution >= 0.6 is 15.9 Å². The second kappa shape index (κ2) is 4.00. The molecule has 84 valence electrons. The second-order valence-corrected chi connectivity index (χ2v) is 5.01. The van der Waals surface area contributed by atoms with E-state index < -0.39 is 0 Å². The summed E-state index contributed by atoms with van der Waals surface area (Å²) >= 11 is 3.49. The van der Waals surface area contributed by atoms with Gasteiger partial charge >= 0.3 is 0 Å². The van der Waals surface area contributed by atoms with Crippen LogP contribution in [0.5, 0.6) is 0 Å². The van der Waals surface area contributed by atoms with E-state index in [9.17, 15) is 0 Å². The maximum Gasteiger partial charge on any atom is 0.144 e. The third-order valence-electron chi connectivity index (χ3n) is 2.80. The SMILES string of the molecule is Cc1ccc(-c2ncc3ccc(Br)cn23)cc1. The first kappa shape index (κ1) is 10.5. The summed E-state index contributed by atoms with van der Waals surface area (Å²) in [5.41, 5.74) is 3.49.